The van der Waals surface area contributed by atoms with Gasteiger partial charge in [-0.2, -0.15) is 0 Å². The van der Waals surface area contributed by atoms with Gasteiger partial charge in [0, 0.05) is 25.1 Å². The van der Waals surface area contributed by atoms with Crippen molar-refractivity contribution >= 4 is 35.4 Å². The Morgan fingerprint density at radius 2 is 1.71 bits per heavy atom. The van der Waals surface area contributed by atoms with Crippen molar-refractivity contribution in [2.24, 2.45) is 11.7 Å². The number of carbonyl (C=O) groups excluding carboxylic acids is 6. The number of amides is 6. The van der Waals surface area contributed by atoms with Crippen LogP contribution >= 0.6 is 0 Å². The molecule has 5 N–H and O–H groups in total. The van der Waals surface area contributed by atoms with Gasteiger partial charge in [-0.05, 0) is 38.7 Å². The van der Waals surface area contributed by atoms with Gasteiger partial charge in [0.25, 0.3) is 0 Å². The highest BCUT2D eigenvalue weighted by Gasteiger charge is 2.43. The molecule has 6 amide bonds. The van der Waals surface area contributed by atoms with Gasteiger partial charge in [0.1, 0.15) is 24.2 Å². The molecular formula is C29H42N6O6. The smallest absolute Gasteiger partial charge is 0.249 e. The molecule has 1 saturated heterocycles. The predicted molar refractivity (Wildman–Crippen MR) is 153 cm³/mol. The number of nitrogens with zero attached hydrogens (tertiary/aromatic N) is 2. The lowest BCUT2D eigenvalue weighted by molar-refractivity contribution is -0.141. The third-order valence-corrected chi connectivity index (χ3v) is 7.16. The molecular weight excluding hydrogens is 528 g/mol. The topological polar surface area (TPSA) is 171 Å². The molecule has 1 heterocycles. The van der Waals surface area contributed by atoms with Crippen molar-refractivity contribution in [2.45, 2.75) is 77.7 Å². The second-order valence-electron chi connectivity index (χ2n) is 10.9. The van der Waals surface area contributed by atoms with E-state index in [0.29, 0.717) is 0 Å². The fraction of sp³-hybridized carbons (Fsp3) is 0.517. The third-order valence-electron chi connectivity index (χ3n) is 7.16. The molecule has 41 heavy (non-hydrogen) atoms. The molecule has 0 saturated carbocycles. The molecule has 0 aliphatic carbocycles. The average molecular weight is 571 g/mol. The lowest BCUT2D eigenvalue weighted by Gasteiger charge is -2.30. The summed E-state index contributed by atoms with van der Waals surface area (Å²) in [4.78, 5) is 78.7. The van der Waals surface area contributed by atoms with Crippen LogP contribution in [0.3, 0.4) is 0 Å². The molecule has 1 aromatic carbocycles. The van der Waals surface area contributed by atoms with E-state index >= 15 is 0 Å². The quantitative estimate of drug-likeness (QED) is 0.241. The minimum absolute atomic E-state index is 0.227. The molecule has 0 bridgehead atoms. The summed E-state index contributed by atoms with van der Waals surface area (Å²) in [6.07, 6.45) is 0.483. The largest absolute Gasteiger partial charge is 0.368 e. The summed E-state index contributed by atoms with van der Waals surface area (Å²) in [5.41, 5.74) is 6.49. The maximum Gasteiger partial charge on any atom is 0.249 e. The van der Waals surface area contributed by atoms with Crippen molar-refractivity contribution in [3.05, 3.63) is 48.0 Å². The monoisotopic (exact) mass is 570 g/mol. The number of nitrogens with one attached hydrogen (secondary N) is 3. The number of hydrogen-bond donors (Lipinski definition) is 4. The standard InChI is InChI=1S/C29H42N6O6/c1-16(2)24(25(30)37)33-26(38)19(6)35-18(5)13-21(29(35)41)32-23(36)15-31-27(39)22(34(7)28(40)17(3)4)14-20-11-9-8-10-12-20/h8-12,16,18-19,21-22,24H,3,13-15H2,1-2,4-7H3,(H2,30,37)(H,31,39)(H,32,36)(H,33,38)/t18?,19-,21-,22-,24-/m0/s1. The average Bonchev–Trinajstić information content (AvgIpc) is 3.19. The number of likely N-dealkylation sites (N-methyl/N-ethyl adjacent to an activating group) is 1. The zero-order valence-electron chi connectivity index (χ0n) is 24.6. The molecule has 5 atom stereocenters. The van der Waals surface area contributed by atoms with Crippen LogP contribution in [0.25, 0.3) is 0 Å². The highest BCUT2D eigenvalue weighted by Crippen LogP contribution is 2.22. The van der Waals surface area contributed by atoms with Gasteiger partial charge in [-0.25, -0.2) is 0 Å². The predicted octanol–water partition coefficient (Wildman–Crippen LogP) is -0.131. The first-order chi connectivity index (χ1) is 19.1. The van der Waals surface area contributed by atoms with Crippen LogP contribution in [0.2, 0.25) is 0 Å². The number of carbonyl (C=O) groups is 6. The number of hydrogen-bond acceptors (Lipinski definition) is 6. The van der Waals surface area contributed by atoms with Crippen LogP contribution in [0, 0.1) is 5.92 Å². The van der Waals surface area contributed by atoms with Crippen LogP contribution < -0.4 is 21.7 Å². The summed E-state index contributed by atoms with van der Waals surface area (Å²) in [6.45, 7) is 11.6. The van der Waals surface area contributed by atoms with E-state index in [1.165, 1.54) is 16.8 Å². The van der Waals surface area contributed by atoms with E-state index in [0.717, 1.165) is 5.56 Å². The van der Waals surface area contributed by atoms with E-state index in [2.05, 4.69) is 22.5 Å². The molecule has 1 aromatic rings. The SMILES string of the molecule is C=C(C)C(=O)N(C)[C@@H](Cc1ccccc1)C(=O)NCC(=O)N[C@H]1CC(C)N([C@@H](C)C(=O)N[C@H](C(N)=O)C(C)C)C1=O. The Bertz CT molecular complexity index is 1170. The van der Waals surface area contributed by atoms with Crippen molar-refractivity contribution in [1.29, 1.82) is 0 Å². The summed E-state index contributed by atoms with van der Waals surface area (Å²) in [5.74, 6) is -3.41. The van der Waals surface area contributed by atoms with Gasteiger partial charge in [0.15, 0.2) is 0 Å². The number of rotatable bonds is 13. The van der Waals surface area contributed by atoms with Crippen LogP contribution in [0.15, 0.2) is 42.5 Å². The van der Waals surface area contributed by atoms with E-state index in [1.54, 1.807) is 34.6 Å². The van der Waals surface area contributed by atoms with Crippen molar-refractivity contribution < 1.29 is 28.8 Å². The molecule has 0 spiro atoms. The number of benzene rings is 1. The van der Waals surface area contributed by atoms with Crippen LogP contribution in [-0.2, 0) is 35.2 Å². The molecule has 2 rings (SSSR count). The summed E-state index contributed by atoms with van der Waals surface area (Å²) in [7, 11) is 1.50. The highest BCUT2D eigenvalue weighted by molar-refractivity contribution is 5.98. The normalized spacial score (nSPS) is 18.7. The van der Waals surface area contributed by atoms with Crippen molar-refractivity contribution in [3.8, 4) is 0 Å². The van der Waals surface area contributed by atoms with E-state index in [9.17, 15) is 28.8 Å². The number of primary amides is 1. The van der Waals surface area contributed by atoms with Gasteiger partial charge in [-0.3, -0.25) is 28.8 Å². The molecule has 1 aliphatic heterocycles. The highest BCUT2D eigenvalue weighted by atomic mass is 16.2. The second-order valence-corrected chi connectivity index (χ2v) is 10.9. The van der Waals surface area contributed by atoms with E-state index in [1.807, 2.05) is 30.3 Å². The Kier molecular flexibility index (Phi) is 11.6. The zero-order chi connectivity index (χ0) is 31.0. The van der Waals surface area contributed by atoms with Crippen LogP contribution in [0.5, 0.6) is 0 Å². The summed E-state index contributed by atoms with van der Waals surface area (Å²) < 4.78 is 0. The molecule has 0 aromatic heterocycles. The second kappa shape index (κ2) is 14.4. The Morgan fingerprint density at radius 1 is 1.10 bits per heavy atom. The Labute approximate surface area is 241 Å². The zero-order valence-corrected chi connectivity index (χ0v) is 24.6. The molecule has 1 aliphatic rings. The van der Waals surface area contributed by atoms with Crippen LogP contribution in [0.1, 0.15) is 46.6 Å². The molecule has 0 radical (unpaired) electrons. The first kappa shape index (κ1) is 33.0. The Balaban J connectivity index is 2.02. The summed E-state index contributed by atoms with van der Waals surface area (Å²) in [5, 5.41) is 7.79. The summed E-state index contributed by atoms with van der Waals surface area (Å²) >= 11 is 0. The molecule has 224 valence electrons. The molecule has 1 unspecified atom stereocenters. The van der Waals surface area contributed by atoms with E-state index in [4.69, 9.17) is 5.73 Å². The van der Waals surface area contributed by atoms with Gasteiger partial charge >= 0.3 is 0 Å². The minimum Gasteiger partial charge on any atom is -0.368 e. The van der Waals surface area contributed by atoms with Crippen molar-refractivity contribution in [3.63, 3.8) is 0 Å². The van der Waals surface area contributed by atoms with Crippen molar-refractivity contribution in [2.75, 3.05) is 13.6 Å². The Morgan fingerprint density at radius 3 is 2.24 bits per heavy atom. The number of likely N-dealkylation sites (tertiary alicyclic amines) is 1. The first-order valence-electron chi connectivity index (χ1n) is 13.6. The minimum atomic E-state index is -0.903. The Hall–Kier alpha value is -4.22. The molecule has 1 fully saturated rings. The van der Waals surface area contributed by atoms with E-state index in [-0.39, 0.29) is 30.4 Å². The first-order valence-corrected chi connectivity index (χ1v) is 13.6. The number of nitrogens with two attached hydrogens (primary N) is 1. The van der Waals surface area contributed by atoms with Gasteiger partial charge in [-0.15, -0.1) is 0 Å². The van der Waals surface area contributed by atoms with Crippen LogP contribution in [-0.4, -0.2) is 89.0 Å². The molecule has 12 heteroatoms. The lowest BCUT2D eigenvalue weighted by Crippen LogP contribution is -2.56. The maximum absolute atomic E-state index is 13.1. The lowest BCUT2D eigenvalue weighted by atomic mass is 10.0. The fourth-order valence-corrected chi connectivity index (χ4v) is 4.83. The van der Waals surface area contributed by atoms with Crippen molar-refractivity contribution in [1.82, 2.24) is 25.8 Å². The van der Waals surface area contributed by atoms with Gasteiger partial charge in [-0.1, -0.05) is 50.8 Å². The third kappa shape index (κ3) is 8.63. The van der Waals surface area contributed by atoms with E-state index < -0.39 is 66.2 Å². The maximum atomic E-state index is 13.1. The van der Waals surface area contributed by atoms with Gasteiger partial charge < -0.3 is 31.5 Å². The fourth-order valence-electron chi connectivity index (χ4n) is 4.83. The summed E-state index contributed by atoms with van der Waals surface area (Å²) in [6, 6.07) is 5.22. The van der Waals surface area contributed by atoms with Crippen LogP contribution in [0.4, 0.5) is 0 Å². The van der Waals surface area contributed by atoms with Gasteiger partial charge in [0.05, 0.1) is 6.54 Å². The van der Waals surface area contributed by atoms with Gasteiger partial charge in [0.2, 0.25) is 35.4 Å². The molecule has 12 nitrogen and oxygen atoms in total.